The summed E-state index contributed by atoms with van der Waals surface area (Å²) in [6.07, 6.45) is 0.204. The van der Waals surface area contributed by atoms with Gasteiger partial charge in [0, 0.05) is 17.3 Å². The number of halogens is 1. The average molecular weight is 436 g/mol. The fourth-order valence-corrected chi connectivity index (χ4v) is 3.03. The molecule has 0 aliphatic heterocycles. The molecule has 162 valence electrons. The number of aromatic amines is 1. The smallest absolute Gasteiger partial charge is 0.268 e. The molecule has 0 saturated heterocycles. The predicted molar refractivity (Wildman–Crippen MR) is 113 cm³/mol. The number of benzene rings is 1. The molecule has 0 aliphatic carbocycles. The lowest BCUT2D eigenvalue weighted by molar-refractivity contribution is -0.141. The van der Waals surface area contributed by atoms with Crippen LogP contribution in [0.4, 0.5) is 0 Å². The van der Waals surface area contributed by atoms with Gasteiger partial charge in [-0.05, 0) is 24.5 Å². The molecule has 30 heavy (non-hydrogen) atoms. The summed E-state index contributed by atoms with van der Waals surface area (Å²) in [5, 5.41) is 4.53. The van der Waals surface area contributed by atoms with Crippen LogP contribution in [0.15, 0.2) is 30.3 Å². The first-order valence-electron chi connectivity index (χ1n) is 9.55. The second kappa shape index (κ2) is 10.6. The van der Waals surface area contributed by atoms with Crippen molar-refractivity contribution in [2.45, 2.75) is 32.7 Å². The van der Waals surface area contributed by atoms with Gasteiger partial charge in [-0.2, -0.15) is 0 Å². The molecule has 0 spiro atoms. The summed E-state index contributed by atoms with van der Waals surface area (Å²) in [5.41, 5.74) is 8.68. The van der Waals surface area contributed by atoms with E-state index in [1.165, 1.54) is 0 Å². The number of fused-ring (bicyclic) bond motifs is 1. The number of nitrogens with one attached hydrogen (secondary N) is 3. The van der Waals surface area contributed by atoms with Crippen LogP contribution in [0.1, 0.15) is 37.2 Å². The van der Waals surface area contributed by atoms with Crippen molar-refractivity contribution in [3.05, 3.63) is 36.0 Å². The molecule has 9 nitrogen and oxygen atoms in total. The Morgan fingerprint density at radius 2 is 1.90 bits per heavy atom. The number of nitrogens with two attached hydrogens (primary N) is 1. The van der Waals surface area contributed by atoms with Crippen LogP contribution < -0.4 is 16.5 Å². The first-order chi connectivity index (χ1) is 14.2. The predicted octanol–water partition coefficient (Wildman–Crippen LogP) is 1.29. The van der Waals surface area contributed by atoms with Crippen LogP contribution in [-0.4, -0.2) is 52.1 Å². The molecule has 1 aromatic carbocycles. The summed E-state index contributed by atoms with van der Waals surface area (Å²) in [4.78, 5) is 51.6. The fraction of sp³-hybridized carbons (Fsp3) is 0.400. The van der Waals surface area contributed by atoms with Gasteiger partial charge in [-0.15, -0.1) is 11.6 Å². The van der Waals surface area contributed by atoms with Crippen LogP contribution in [0.2, 0.25) is 0 Å². The lowest BCUT2D eigenvalue weighted by Gasteiger charge is -2.26. The minimum atomic E-state index is -0.900. The number of nitrogens with zero attached hydrogens (tertiary/aromatic N) is 1. The molecule has 1 aromatic heterocycles. The largest absolute Gasteiger partial charge is 0.370 e. The van der Waals surface area contributed by atoms with Gasteiger partial charge in [0.2, 0.25) is 5.91 Å². The monoisotopic (exact) mass is 435 g/mol. The van der Waals surface area contributed by atoms with E-state index in [1.54, 1.807) is 6.07 Å². The molecule has 2 rings (SSSR count). The second-order valence-corrected chi connectivity index (χ2v) is 7.56. The Kier molecular flexibility index (Phi) is 8.23. The standard InChI is InChI=1S/C20H26ClN5O4/c1-12(2)9-15(20(30)25-26(18(28)11-21)8-7-17(22)27)24-19(29)16-10-13-5-3-4-6-14(13)23-16/h3-6,10,12,15,23H,7-9,11H2,1-2H3,(H2,22,27)(H,24,29)(H,25,30)/t15-/m1/s1. The normalized spacial score (nSPS) is 11.9. The van der Waals surface area contributed by atoms with E-state index in [0.29, 0.717) is 12.1 Å². The van der Waals surface area contributed by atoms with Crippen molar-refractivity contribution in [3.63, 3.8) is 0 Å². The minimum Gasteiger partial charge on any atom is -0.370 e. The van der Waals surface area contributed by atoms with Gasteiger partial charge in [-0.1, -0.05) is 32.0 Å². The van der Waals surface area contributed by atoms with Crippen molar-refractivity contribution < 1.29 is 19.2 Å². The van der Waals surface area contributed by atoms with Crippen molar-refractivity contribution in [1.82, 2.24) is 20.7 Å². The van der Waals surface area contributed by atoms with E-state index < -0.39 is 29.7 Å². The van der Waals surface area contributed by atoms with Crippen LogP contribution in [0.3, 0.4) is 0 Å². The Balaban J connectivity index is 2.13. The molecular weight excluding hydrogens is 410 g/mol. The molecule has 0 saturated carbocycles. The van der Waals surface area contributed by atoms with E-state index in [9.17, 15) is 19.2 Å². The number of hydrogen-bond acceptors (Lipinski definition) is 4. The maximum atomic E-state index is 12.8. The number of amides is 4. The summed E-state index contributed by atoms with van der Waals surface area (Å²) in [7, 11) is 0. The van der Waals surface area contributed by atoms with Crippen molar-refractivity contribution in [3.8, 4) is 0 Å². The van der Waals surface area contributed by atoms with E-state index in [4.69, 9.17) is 17.3 Å². The highest BCUT2D eigenvalue weighted by atomic mass is 35.5. The number of carbonyl (C=O) groups excluding carboxylic acids is 4. The van der Waals surface area contributed by atoms with Gasteiger partial charge in [0.25, 0.3) is 17.7 Å². The number of aromatic nitrogens is 1. The van der Waals surface area contributed by atoms with E-state index >= 15 is 0 Å². The molecule has 5 N–H and O–H groups in total. The topological polar surface area (TPSA) is 137 Å². The summed E-state index contributed by atoms with van der Waals surface area (Å²) in [6, 6.07) is 8.23. The van der Waals surface area contributed by atoms with Gasteiger partial charge in [0.1, 0.15) is 17.6 Å². The van der Waals surface area contributed by atoms with Gasteiger partial charge in [-0.25, -0.2) is 0 Å². The van der Waals surface area contributed by atoms with E-state index in [-0.39, 0.29) is 24.8 Å². The Morgan fingerprint density at radius 1 is 1.20 bits per heavy atom. The zero-order valence-corrected chi connectivity index (χ0v) is 17.7. The first kappa shape index (κ1) is 23.2. The maximum Gasteiger partial charge on any atom is 0.268 e. The molecule has 0 fully saturated rings. The molecule has 0 radical (unpaired) electrons. The third-order valence-corrected chi connectivity index (χ3v) is 4.57. The number of rotatable bonds is 9. The number of primary amides is 1. The summed E-state index contributed by atoms with van der Waals surface area (Å²) in [6.45, 7) is 3.70. The van der Waals surface area contributed by atoms with Gasteiger partial charge in [0.15, 0.2) is 0 Å². The van der Waals surface area contributed by atoms with E-state index in [1.807, 2.05) is 38.1 Å². The van der Waals surface area contributed by atoms with Crippen molar-refractivity contribution in [2.24, 2.45) is 11.7 Å². The van der Waals surface area contributed by atoms with Crippen LogP contribution in [0.25, 0.3) is 10.9 Å². The average Bonchev–Trinajstić information content (AvgIpc) is 3.13. The van der Waals surface area contributed by atoms with Crippen LogP contribution in [-0.2, 0) is 14.4 Å². The summed E-state index contributed by atoms with van der Waals surface area (Å²) in [5.74, 6) is -2.53. The number of carbonyl (C=O) groups is 4. The summed E-state index contributed by atoms with van der Waals surface area (Å²) >= 11 is 5.58. The third kappa shape index (κ3) is 6.48. The second-order valence-electron chi connectivity index (χ2n) is 7.30. The molecule has 0 aliphatic rings. The van der Waals surface area contributed by atoms with Gasteiger partial charge in [0.05, 0.1) is 6.54 Å². The highest BCUT2D eigenvalue weighted by Gasteiger charge is 2.26. The number of alkyl halides is 1. The zero-order chi connectivity index (χ0) is 22.3. The van der Waals surface area contributed by atoms with Crippen LogP contribution >= 0.6 is 11.6 Å². The lowest BCUT2D eigenvalue weighted by Crippen LogP contribution is -2.55. The van der Waals surface area contributed by atoms with Gasteiger partial charge in [-0.3, -0.25) is 29.6 Å². The van der Waals surface area contributed by atoms with Crippen LogP contribution in [0, 0.1) is 5.92 Å². The van der Waals surface area contributed by atoms with Gasteiger partial charge < -0.3 is 16.0 Å². The maximum absolute atomic E-state index is 12.8. The van der Waals surface area contributed by atoms with Crippen molar-refractivity contribution in [2.75, 3.05) is 12.4 Å². The fourth-order valence-electron chi connectivity index (χ4n) is 2.88. The first-order valence-corrected chi connectivity index (χ1v) is 10.1. The molecule has 10 heteroatoms. The van der Waals surface area contributed by atoms with Crippen LogP contribution in [0.5, 0.6) is 0 Å². The number of hydrogen-bond donors (Lipinski definition) is 4. The SMILES string of the molecule is CC(C)C[C@@H](NC(=O)c1cc2ccccc2[nH]1)C(=O)NN(CCC(N)=O)C(=O)CCl. The van der Waals surface area contributed by atoms with Crippen molar-refractivity contribution in [1.29, 1.82) is 0 Å². The molecular formula is C20H26ClN5O4. The molecule has 1 atom stereocenters. The Morgan fingerprint density at radius 3 is 2.50 bits per heavy atom. The zero-order valence-electron chi connectivity index (χ0n) is 16.9. The highest BCUT2D eigenvalue weighted by Crippen LogP contribution is 2.15. The molecule has 4 amide bonds. The Labute approximate surface area is 179 Å². The van der Waals surface area contributed by atoms with E-state index in [2.05, 4.69) is 15.7 Å². The quantitative estimate of drug-likeness (QED) is 0.348. The minimum absolute atomic E-state index is 0.0894. The third-order valence-electron chi connectivity index (χ3n) is 4.35. The Bertz CT molecular complexity index is 894. The summed E-state index contributed by atoms with van der Waals surface area (Å²) < 4.78 is 0. The molecule has 0 bridgehead atoms. The Hall–Kier alpha value is -3.07. The van der Waals surface area contributed by atoms with Gasteiger partial charge >= 0.3 is 0 Å². The number of H-pyrrole nitrogens is 1. The number of para-hydroxylation sites is 1. The van der Waals surface area contributed by atoms with E-state index in [0.717, 1.165) is 15.9 Å². The molecule has 2 aromatic rings. The number of hydrazine groups is 1. The van der Waals surface area contributed by atoms with Crippen molar-refractivity contribution >= 4 is 46.1 Å². The molecule has 0 unspecified atom stereocenters. The molecule has 1 heterocycles. The lowest BCUT2D eigenvalue weighted by atomic mass is 10.0. The highest BCUT2D eigenvalue weighted by molar-refractivity contribution is 6.27.